The van der Waals surface area contributed by atoms with E-state index < -0.39 is 0 Å². The SMILES string of the molecule is Cn1c(=O)c(-c2ccccc2)c(-c2ccccc2)c2c(-c3ccccn3)cccc21. The van der Waals surface area contributed by atoms with Gasteiger partial charge in [0, 0.05) is 29.8 Å². The van der Waals surface area contributed by atoms with Crippen molar-refractivity contribution in [1.29, 1.82) is 0 Å². The second-order valence-corrected chi connectivity index (χ2v) is 7.26. The van der Waals surface area contributed by atoms with Gasteiger partial charge >= 0.3 is 0 Å². The van der Waals surface area contributed by atoms with Crippen molar-refractivity contribution in [3.8, 4) is 33.5 Å². The molecule has 0 N–H and O–H groups in total. The Balaban J connectivity index is 2.03. The van der Waals surface area contributed by atoms with Gasteiger partial charge in [0.1, 0.15) is 0 Å². The molecule has 0 bridgehead atoms. The van der Waals surface area contributed by atoms with E-state index in [1.54, 1.807) is 10.8 Å². The van der Waals surface area contributed by atoms with Crippen molar-refractivity contribution in [2.24, 2.45) is 7.05 Å². The average Bonchev–Trinajstić information content (AvgIpc) is 2.82. The third kappa shape index (κ3) is 2.92. The van der Waals surface area contributed by atoms with Gasteiger partial charge < -0.3 is 4.57 Å². The first kappa shape index (κ1) is 18.1. The number of benzene rings is 3. The van der Waals surface area contributed by atoms with Crippen molar-refractivity contribution in [3.05, 3.63) is 114 Å². The Bertz CT molecular complexity index is 1390. The van der Waals surface area contributed by atoms with Crippen molar-refractivity contribution >= 4 is 10.9 Å². The second-order valence-electron chi connectivity index (χ2n) is 7.26. The third-order valence-corrected chi connectivity index (χ3v) is 5.49. The van der Waals surface area contributed by atoms with E-state index in [0.29, 0.717) is 5.56 Å². The van der Waals surface area contributed by atoms with Gasteiger partial charge in [0.05, 0.1) is 16.8 Å². The van der Waals surface area contributed by atoms with Crippen molar-refractivity contribution in [2.75, 3.05) is 0 Å². The molecule has 0 aliphatic heterocycles. The van der Waals surface area contributed by atoms with Gasteiger partial charge in [0.2, 0.25) is 0 Å². The maximum absolute atomic E-state index is 13.6. The first-order chi connectivity index (χ1) is 14.8. The number of aryl methyl sites for hydroxylation is 1. The molecule has 0 unspecified atom stereocenters. The Hall–Kier alpha value is -3.98. The molecule has 3 nitrogen and oxygen atoms in total. The standard InChI is InChI=1S/C27H20N2O/c1-29-23-17-10-15-21(22-16-8-9-18-28-22)26(23)24(19-11-4-2-5-12-19)25(27(29)30)20-13-6-3-7-14-20/h2-18H,1H3. The topological polar surface area (TPSA) is 34.9 Å². The molecule has 0 spiro atoms. The number of hydrogen-bond donors (Lipinski definition) is 0. The molecule has 0 saturated carbocycles. The van der Waals surface area contributed by atoms with E-state index in [0.717, 1.165) is 38.9 Å². The van der Waals surface area contributed by atoms with Crippen molar-refractivity contribution in [3.63, 3.8) is 0 Å². The van der Waals surface area contributed by atoms with Crippen LogP contribution in [0.15, 0.2) is 108 Å². The lowest BCUT2D eigenvalue weighted by molar-refractivity contribution is 0.909. The van der Waals surface area contributed by atoms with Crippen LogP contribution in [0.3, 0.4) is 0 Å². The highest BCUT2D eigenvalue weighted by molar-refractivity contribution is 6.09. The van der Waals surface area contributed by atoms with Gasteiger partial charge in [-0.25, -0.2) is 0 Å². The molecule has 0 saturated heterocycles. The number of pyridine rings is 2. The van der Waals surface area contributed by atoms with Crippen LogP contribution in [-0.4, -0.2) is 9.55 Å². The van der Waals surface area contributed by atoms with Crippen LogP contribution in [0.4, 0.5) is 0 Å². The fourth-order valence-electron chi connectivity index (χ4n) is 4.09. The number of fused-ring (bicyclic) bond motifs is 1. The zero-order chi connectivity index (χ0) is 20.5. The van der Waals surface area contributed by atoms with Crippen LogP contribution in [0.2, 0.25) is 0 Å². The molecule has 5 rings (SSSR count). The number of rotatable bonds is 3. The van der Waals surface area contributed by atoms with Gasteiger partial charge in [0.25, 0.3) is 5.56 Å². The second kappa shape index (κ2) is 7.45. The zero-order valence-corrected chi connectivity index (χ0v) is 16.6. The van der Waals surface area contributed by atoms with Crippen LogP contribution in [0.5, 0.6) is 0 Å². The van der Waals surface area contributed by atoms with E-state index >= 15 is 0 Å². The van der Waals surface area contributed by atoms with Gasteiger partial charge in [-0.15, -0.1) is 0 Å². The van der Waals surface area contributed by atoms with E-state index in [2.05, 4.69) is 23.2 Å². The Morgan fingerprint density at radius 3 is 1.93 bits per heavy atom. The molecule has 0 aliphatic rings. The summed E-state index contributed by atoms with van der Waals surface area (Å²) in [7, 11) is 1.84. The van der Waals surface area contributed by atoms with Gasteiger partial charge in [-0.3, -0.25) is 9.78 Å². The van der Waals surface area contributed by atoms with E-state index in [4.69, 9.17) is 0 Å². The van der Waals surface area contributed by atoms with Gasteiger partial charge in [0.15, 0.2) is 0 Å². The minimum Gasteiger partial charge on any atom is -0.311 e. The molecule has 0 radical (unpaired) electrons. The molecule has 2 heterocycles. The van der Waals surface area contributed by atoms with E-state index in [1.807, 2.05) is 85.9 Å². The molecule has 5 aromatic rings. The summed E-state index contributed by atoms with van der Waals surface area (Å²) in [6.45, 7) is 0. The Kier molecular flexibility index (Phi) is 4.49. The van der Waals surface area contributed by atoms with Crippen molar-refractivity contribution in [1.82, 2.24) is 9.55 Å². The predicted octanol–water partition coefficient (Wildman–Crippen LogP) is 5.93. The maximum atomic E-state index is 13.6. The maximum Gasteiger partial charge on any atom is 0.259 e. The zero-order valence-electron chi connectivity index (χ0n) is 16.6. The molecule has 0 fully saturated rings. The summed E-state index contributed by atoms with van der Waals surface area (Å²) < 4.78 is 1.75. The summed E-state index contributed by atoms with van der Waals surface area (Å²) in [6, 6.07) is 32.0. The van der Waals surface area contributed by atoms with Crippen molar-refractivity contribution in [2.45, 2.75) is 0 Å². The Labute approximate surface area is 174 Å². The summed E-state index contributed by atoms with van der Waals surface area (Å²) in [5, 5.41) is 1.03. The van der Waals surface area contributed by atoms with Crippen LogP contribution in [0, 0.1) is 0 Å². The average molecular weight is 388 g/mol. The largest absolute Gasteiger partial charge is 0.311 e. The minimum absolute atomic E-state index is 0.00859. The lowest BCUT2D eigenvalue weighted by Crippen LogP contribution is -2.20. The van der Waals surface area contributed by atoms with Crippen LogP contribution >= 0.6 is 0 Å². The molecule has 3 heteroatoms. The Morgan fingerprint density at radius 2 is 1.30 bits per heavy atom. The first-order valence-corrected chi connectivity index (χ1v) is 9.93. The number of nitrogens with zero attached hydrogens (tertiary/aromatic N) is 2. The molecule has 144 valence electrons. The molecular formula is C27H20N2O. The lowest BCUT2D eigenvalue weighted by atomic mass is 9.89. The van der Waals surface area contributed by atoms with E-state index in [9.17, 15) is 4.79 Å². The first-order valence-electron chi connectivity index (χ1n) is 9.93. The summed E-state index contributed by atoms with van der Waals surface area (Å²) in [5.41, 5.74) is 6.36. The highest BCUT2D eigenvalue weighted by Gasteiger charge is 2.21. The number of hydrogen-bond acceptors (Lipinski definition) is 2. The van der Waals surface area contributed by atoms with Crippen LogP contribution in [-0.2, 0) is 7.05 Å². The summed E-state index contributed by atoms with van der Waals surface area (Å²) >= 11 is 0. The predicted molar refractivity (Wildman–Crippen MR) is 123 cm³/mol. The highest BCUT2D eigenvalue weighted by Crippen LogP contribution is 2.40. The van der Waals surface area contributed by atoms with Crippen LogP contribution in [0.25, 0.3) is 44.4 Å². The van der Waals surface area contributed by atoms with Crippen LogP contribution < -0.4 is 5.56 Å². The fraction of sp³-hybridized carbons (Fsp3) is 0.0370. The lowest BCUT2D eigenvalue weighted by Gasteiger charge is -2.19. The Morgan fingerprint density at radius 1 is 0.667 bits per heavy atom. The quantitative estimate of drug-likeness (QED) is 0.384. The molecule has 2 aromatic heterocycles. The summed E-state index contributed by atoms with van der Waals surface area (Å²) in [5.74, 6) is 0. The van der Waals surface area contributed by atoms with E-state index in [-0.39, 0.29) is 5.56 Å². The fourth-order valence-corrected chi connectivity index (χ4v) is 4.09. The summed E-state index contributed by atoms with van der Waals surface area (Å²) in [6.07, 6.45) is 1.80. The molecule has 0 aliphatic carbocycles. The van der Waals surface area contributed by atoms with Gasteiger partial charge in [-0.05, 0) is 29.3 Å². The monoisotopic (exact) mass is 388 g/mol. The number of aromatic nitrogens is 2. The van der Waals surface area contributed by atoms with E-state index in [1.165, 1.54) is 0 Å². The molecule has 3 aromatic carbocycles. The van der Waals surface area contributed by atoms with Gasteiger partial charge in [-0.1, -0.05) is 78.9 Å². The third-order valence-electron chi connectivity index (χ3n) is 5.49. The molecular weight excluding hydrogens is 368 g/mol. The molecule has 0 atom stereocenters. The molecule has 30 heavy (non-hydrogen) atoms. The smallest absolute Gasteiger partial charge is 0.259 e. The molecule has 0 amide bonds. The minimum atomic E-state index is -0.00859. The summed E-state index contributed by atoms with van der Waals surface area (Å²) in [4.78, 5) is 18.2. The highest BCUT2D eigenvalue weighted by atomic mass is 16.1. The van der Waals surface area contributed by atoms with Crippen molar-refractivity contribution < 1.29 is 0 Å². The van der Waals surface area contributed by atoms with Gasteiger partial charge in [-0.2, -0.15) is 0 Å². The van der Waals surface area contributed by atoms with Crippen LogP contribution in [0.1, 0.15) is 0 Å². The normalized spacial score (nSPS) is 11.0.